The quantitative estimate of drug-likeness (QED) is 0.329. The molecule has 0 aromatic rings. The lowest BCUT2D eigenvalue weighted by molar-refractivity contribution is -0.204. The zero-order valence-corrected chi connectivity index (χ0v) is 4.22. The van der Waals surface area contributed by atoms with E-state index in [0.717, 1.165) is 19.3 Å². The molecule has 0 unspecified atom stereocenters. The van der Waals surface area contributed by atoms with Gasteiger partial charge in [-0.3, -0.25) is 4.89 Å². The Morgan fingerprint density at radius 1 is 1.29 bits per heavy atom. The molecule has 0 aliphatic carbocycles. The Kier molecular flexibility index (Phi) is 2.23. The maximum Gasteiger partial charge on any atom is 0.344 e. The van der Waals surface area contributed by atoms with Crippen LogP contribution in [0.3, 0.4) is 0 Å². The second kappa shape index (κ2) is 3.05. The van der Waals surface area contributed by atoms with Crippen LogP contribution in [-0.2, 0) is 9.69 Å². The highest BCUT2D eigenvalue weighted by molar-refractivity contribution is 6.26. The summed E-state index contributed by atoms with van der Waals surface area (Å²) in [5.74, 6) is 0. The molecule has 7 heavy (non-hydrogen) atoms. The molecule has 1 radical (unpaired) electrons. The molecule has 0 bridgehead atoms. The van der Waals surface area contributed by atoms with E-state index in [1.165, 1.54) is 6.42 Å². The van der Waals surface area contributed by atoms with Crippen LogP contribution in [0.15, 0.2) is 0 Å². The van der Waals surface area contributed by atoms with Gasteiger partial charge in [-0.1, -0.05) is 6.42 Å². The first kappa shape index (κ1) is 5.13. The first-order chi connectivity index (χ1) is 3.50. The maximum atomic E-state index is 4.64. The molecule has 0 spiro atoms. The van der Waals surface area contributed by atoms with E-state index in [4.69, 9.17) is 0 Å². The van der Waals surface area contributed by atoms with Crippen LogP contribution < -0.4 is 0 Å². The Hall–Kier alpha value is -0.0151. The Labute approximate surface area is 44.0 Å². The fourth-order valence-electron chi connectivity index (χ4n) is 0.533. The third-order valence-electron chi connectivity index (χ3n) is 0.936. The summed E-state index contributed by atoms with van der Waals surface area (Å²) in [7, 11) is 1.70. The van der Waals surface area contributed by atoms with Crippen LogP contribution in [0.25, 0.3) is 0 Å². The molecular weight excluding hydrogens is 90.9 g/mol. The van der Waals surface area contributed by atoms with Crippen LogP contribution in [0.2, 0.25) is 6.32 Å². The zero-order valence-electron chi connectivity index (χ0n) is 4.22. The van der Waals surface area contributed by atoms with Crippen molar-refractivity contribution in [3.63, 3.8) is 0 Å². The van der Waals surface area contributed by atoms with Crippen molar-refractivity contribution in [1.82, 2.24) is 0 Å². The summed E-state index contributed by atoms with van der Waals surface area (Å²) < 4.78 is 0. The van der Waals surface area contributed by atoms with Gasteiger partial charge in [-0.2, -0.15) is 0 Å². The summed E-state index contributed by atoms with van der Waals surface area (Å²) in [6, 6.07) is 0. The van der Waals surface area contributed by atoms with Crippen molar-refractivity contribution in [3.05, 3.63) is 0 Å². The van der Waals surface area contributed by atoms with Crippen molar-refractivity contribution in [2.75, 3.05) is 6.61 Å². The second-order valence-corrected chi connectivity index (χ2v) is 1.58. The van der Waals surface area contributed by atoms with Crippen LogP contribution in [0.4, 0.5) is 0 Å². The molecule has 1 aliphatic rings. The van der Waals surface area contributed by atoms with Gasteiger partial charge in [0.05, 0.1) is 6.61 Å². The van der Waals surface area contributed by atoms with E-state index < -0.39 is 0 Å². The van der Waals surface area contributed by atoms with Crippen LogP contribution in [-0.4, -0.2) is 14.1 Å². The molecule has 0 aromatic carbocycles. The van der Waals surface area contributed by atoms with Gasteiger partial charge in [0.2, 0.25) is 0 Å². The summed E-state index contributed by atoms with van der Waals surface area (Å²) in [5, 5.41) is 0. The molecule has 0 aromatic heterocycles. The average molecular weight is 98.9 g/mol. The van der Waals surface area contributed by atoms with E-state index in [0.29, 0.717) is 0 Å². The van der Waals surface area contributed by atoms with Gasteiger partial charge in [0.25, 0.3) is 0 Å². The second-order valence-electron chi connectivity index (χ2n) is 1.58. The van der Waals surface area contributed by atoms with E-state index in [-0.39, 0.29) is 0 Å². The van der Waals surface area contributed by atoms with E-state index in [1.54, 1.807) is 7.48 Å². The molecule has 1 saturated heterocycles. The van der Waals surface area contributed by atoms with Crippen LogP contribution in [0.5, 0.6) is 0 Å². The molecule has 1 heterocycles. The van der Waals surface area contributed by atoms with Crippen LogP contribution >= 0.6 is 0 Å². The Morgan fingerprint density at radius 3 is 3.29 bits per heavy atom. The van der Waals surface area contributed by atoms with E-state index in [1.807, 2.05) is 0 Å². The normalized spacial score (nSPS) is 22.9. The van der Waals surface area contributed by atoms with E-state index in [2.05, 4.69) is 9.69 Å². The lowest BCUT2D eigenvalue weighted by atomic mass is 9.93. The molecule has 2 nitrogen and oxygen atoms in total. The van der Waals surface area contributed by atoms with Crippen LogP contribution in [0.1, 0.15) is 12.8 Å². The summed E-state index contributed by atoms with van der Waals surface area (Å²) in [5.41, 5.74) is 0. The lowest BCUT2D eigenvalue weighted by Gasteiger charge is -1.92. The van der Waals surface area contributed by atoms with Gasteiger partial charge in [-0.05, 0) is 12.7 Å². The molecule has 1 rings (SSSR count). The average Bonchev–Trinajstić information content (AvgIpc) is 1.90. The standard InChI is InChI=1S/C4H8BO2/c1-2-4-6-7-5-3-1/h1-4H2. The molecule has 0 N–H and O–H groups in total. The first-order valence-corrected chi connectivity index (χ1v) is 2.60. The highest BCUT2D eigenvalue weighted by Crippen LogP contribution is 2.00. The number of rotatable bonds is 0. The Bertz CT molecular complexity index is 29.3. The van der Waals surface area contributed by atoms with Crippen molar-refractivity contribution in [2.24, 2.45) is 0 Å². The predicted octanol–water partition coefficient (Wildman–Crippen LogP) is 0.766. The molecule has 1 fully saturated rings. The lowest BCUT2D eigenvalue weighted by Crippen LogP contribution is -1.93. The van der Waals surface area contributed by atoms with Crippen molar-refractivity contribution in [2.45, 2.75) is 19.2 Å². The number of hydrogen-bond acceptors (Lipinski definition) is 2. The fourth-order valence-corrected chi connectivity index (χ4v) is 0.533. The minimum absolute atomic E-state index is 0.747. The summed E-state index contributed by atoms with van der Waals surface area (Å²) in [4.78, 5) is 9.21. The predicted molar refractivity (Wildman–Crippen MR) is 26.8 cm³/mol. The SMILES string of the molecule is [B]1CCCCOO1. The van der Waals surface area contributed by atoms with Crippen molar-refractivity contribution < 1.29 is 9.69 Å². The molecule has 0 saturated carbocycles. The molecule has 0 atom stereocenters. The fraction of sp³-hybridized carbons (Fsp3) is 1.00. The van der Waals surface area contributed by atoms with Gasteiger partial charge in [-0.15, -0.1) is 0 Å². The zero-order chi connectivity index (χ0) is 4.95. The number of hydrogen-bond donors (Lipinski definition) is 0. The highest BCUT2D eigenvalue weighted by Gasteiger charge is 1.99. The molecule has 3 heteroatoms. The third kappa shape index (κ3) is 1.95. The van der Waals surface area contributed by atoms with Crippen molar-refractivity contribution >= 4 is 7.48 Å². The molecule has 0 amide bonds. The molecule has 1 aliphatic heterocycles. The maximum absolute atomic E-state index is 4.64. The molecular formula is C4H8BO2. The topological polar surface area (TPSA) is 18.5 Å². The van der Waals surface area contributed by atoms with Gasteiger partial charge in [0, 0.05) is 0 Å². The monoisotopic (exact) mass is 99.1 g/mol. The van der Waals surface area contributed by atoms with Crippen LogP contribution in [0, 0.1) is 0 Å². The van der Waals surface area contributed by atoms with Gasteiger partial charge in [0.1, 0.15) is 0 Å². The highest BCUT2D eigenvalue weighted by atomic mass is 17.2. The largest absolute Gasteiger partial charge is 0.344 e. The Morgan fingerprint density at radius 2 is 2.29 bits per heavy atom. The summed E-state index contributed by atoms with van der Waals surface area (Å²) >= 11 is 0. The van der Waals surface area contributed by atoms with Crippen molar-refractivity contribution in [1.29, 1.82) is 0 Å². The van der Waals surface area contributed by atoms with Gasteiger partial charge in [0.15, 0.2) is 0 Å². The smallest absolute Gasteiger partial charge is 0.311 e. The molecule has 39 valence electrons. The van der Waals surface area contributed by atoms with Crippen molar-refractivity contribution in [3.8, 4) is 0 Å². The summed E-state index contributed by atoms with van der Waals surface area (Å²) in [6.45, 7) is 0.747. The first-order valence-electron chi connectivity index (χ1n) is 2.60. The van der Waals surface area contributed by atoms with Gasteiger partial charge < -0.3 is 4.81 Å². The van der Waals surface area contributed by atoms with Gasteiger partial charge in [-0.25, -0.2) is 0 Å². The van der Waals surface area contributed by atoms with E-state index >= 15 is 0 Å². The summed E-state index contributed by atoms with van der Waals surface area (Å²) in [6.07, 6.45) is 3.34. The Balaban J connectivity index is 2.04. The van der Waals surface area contributed by atoms with Gasteiger partial charge >= 0.3 is 7.48 Å². The minimum atomic E-state index is 0.747. The minimum Gasteiger partial charge on any atom is -0.311 e. The third-order valence-corrected chi connectivity index (χ3v) is 0.936. The van der Waals surface area contributed by atoms with E-state index in [9.17, 15) is 0 Å².